The number of rotatable bonds is 5. The van der Waals surface area contributed by atoms with E-state index in [-0.39, 0.29) is 12.1 Å². The van der Waals surface area contributed by atoms with Gasteiger partial charge in [-0.2, -0.15) is 0 Å². The second kappa shape index (κ2) is 7.77. The number of fused-ring (bicyclic) bond motifs is 1. The summed E-state index contributed by atoms with van der Waals surface area (Å²) < 4.78 is 0. The van der Waals surface area contributed by atoms with Crippen LogP contribution < -0.4 is 10.6 Å². The molecule has 2 amide bonds. The maximum atomic E-state index is 12.1. The van der Waals surface area contributed by atoms with Crippen LogP contribution in [0.4, 0.5) is 4.79 Å². The van der Waals surface area contributed by atoms with E-state index in [2.05, 4.69) is 38.9 Å². The van der Waals surface area contributed by atoms with Gasteiger partial charge in [-0.15, -0.1) is 11.3 Å². The molecule has 2 aromatic heterocycles. The molecule has 1 aliphatic rings. The van der Waals surface area contributed by atoms with Crippen LogP contribution in [-0.2, 0) is 13.0 Å². The van der Waals surface area contributed by atoms with Crippen LogP contribution in [0.15, 0.2) is 36.0 Å². The summed E-state index contributed by atoms with van der Waals surface area (Å²) in [6.45, 7) is 6.83. The van der Waals surface area contributed by atoms with E-state index in [0.717, 1.165) is 25.1 Å². The predicted octanol–water partition coefficient (Wildman–Crippen LogP) is 2.95. The number of amides is 2. The Hall–Kier alpha value is -1.92. The Morgan fingerprint density at radius 2 is 2.12 bits per heavy atom. The number of thiophene rings is 1. The molecule has 2 aromatic rings. The number of hydrogen-bond acceptors (Lipinski definition) is 4. The van der Waals surface area contributed by atoms with Crippen LogP contribution in [-0.4, -0.2) is 35.0 Å². The first kappa shape index (κ1) is 16.9. The molecule has 3 rings (SSSR count). The molecule has 0 saturated heterocycles. The van der Waals surface area contributed by atoms with Crippen molar-refractivity contribution in [3.63, 3.8) is 0 Å². The van der Waals surface area contributed by atoms with Crippen molar-refractivity contribution in [2.45, 2.75) is 38.9 Å². The highest BCUT2D eigenvalue weighted by Gasteiger charge is 2.21. The fraction of sp³-hybridized carbons (Fsp3) is 0.444. The van der Waals surface area contributed by atoms with Gasteiger partial charge in [0.25, 0.3) is 0 Å². The average molecular weight is 344 g/mol. The Kier molecular flexibility index (Phi) is 5.48. The minimum absolute atomic E-state index is 0.0355. The third kappa shape index (κ3) is 4.13. The lowest BCUT2D eigenvalue weighted by Gasteiger charge is -2.32. The molecule has 0 saturated carbocycles. The summed E-state index contributed by atoms with van der Waals surface area (Å²) in [5.74, 6) is 0. The zero-order chi connectivity index (χ0) is 16.9. The van der Waals surface area contributed by atoms with Crippen molar-refractivity contribution in [1.29, 1.82) is 0 Å². The van der Waals surface area contributed by atoms with E-state index in [0.29, 0.717) is 12.6 Å². The molecule has 128 valence electrons. The maximum Gasteiger partial charge on any atom is 0.315 e. The van der Waals surface area contributed by atoms with Gasteiger partial charge in [0, 0.05) is 42.9 Å². The number of carbonyl (C=O) groups excluding carboxylic acids is 1. The second-order valence-electron chi connectivity index (χ2n) is 6.30. The third-order valence-electron chi connectivity index (χ3n) is 4.57. The molecule has 0 radical (unpaired) electrons. The lowest BCUT2D eigenvalue weighted by Crippen LogP contribution is -2.46. The van der Waals surface area contributed by atoms with Crippen molar-refractivity contribution in [2.75, 3.05) is 13.1 Å². The van der Waals surface area contributed by atoms with Crippen molar-refractivity contribution in [3.05, 3.63) is 52.0 Å². The fourth-order valence-electron chi connectivity index (χ4n) is 3.00. The number of urea groups is 1. The predicted molar refractivity (Wildman–Crippen MR) is 97.1 cm³/mol. The normalized spacial score (nSPS) is 16.9. The van der Waals surface area contributed by atoms with Gasteiger partial charge in [0.05, 0.1) is 6.04 Å². The number of nitrogens with one attached hydrogen (secondary N) is 2. The van der Waals surface area contributed by atoms with E-state index >= 15 is 0 Å². The lowest BCUT2D eigenvalue weighted by atomic mass is 10.1. The Balaban J connectivity index is 1.44. The van der Waals surface area contributed by atoms with Gasteiger partial charge in [0.1, 0.15) is 0 Å². The molecule has 6 heteroatoms. The lowest BCUT2D eigenvalue weighted by molar-refractivity contribution is 0.185. The summed E-state index contributed by atoms with van der Waals surface area (Å²) in [4.78, 5) is 20.1. The molecule has 3 heterocycles. The molecule has 0 aliphatic carbocycles. The topological polar surface area (TPSA) is 57.3 Å². The molecule has 5 nitrogen and oxygen atoms in total. The molecule has 0 aromatic carbocycles. The molecule has 0 bridgehead atoms. The molecule has 24 heavy (non-hydrogen) atoms. The van der Waals surface area contributed by atoms with Crippen molar-refractivity contribution in [2.24, 2.45) is 0 Å². The van der Waals surface area contributed by atoms with Gasteiger partial charge in [-0.05, 0) is 55.0 Å². The summed E-state index contributed by atoms with van der Waals surface area (Å²) in [5, 5.41) is 8.14. The highest BCUT2D eigenvalue weighted by Crippen LogP contribution is 2.24. The summed E-state index contributed by atoms with van der Waals surface area (Å²) in [7, 11) is 0. The SMILES string of the molecule is C[C@H](NC(=O)NC[C@@H](C)N1CCc2sccc2C1)c1ccncc1. The summed E-state index contributed by atoms with van der Waals surface area (Å²) in [6.07, 6.45) is 4.59. The number of carbonyl (C=O) groups is 1. The van der Waals surface area contributed by atoms with E-state index in [1.165, 1.54) is 10.4 Å². The Morgan fingerprint density at radius 1 is 1.33 bits per heavy atom. The van der Waals surface area contributed by atoms with Crippen LogP contribution in [0, 0.1) is 0 Å². The van der Waals surface area contributed by atoms with E-state index < -0.39 is 0 Å². The van der Waals surface area contributed by atoms with Crippen molar-refractivity contribution >= 4 is 17.4 Å². The average Bonchev–Trinajstić information content (AvgIpc) is 3.08. The first-order chi connectivity index (χ1) is 11.6. The summed E-state index contributed by atoms with van der Waals surface area (Å²) in [6, 6.07) is 6.21. The van der Waals surface area contributed by atoms with Crippen LogP contribution in [0.2, 0.25) is 0 Å². The number of hydrogen-bond donors (Lipinski definition) is 2. The molecule has 2 atom stereocenters. The van der Waals surface area contributed by atoms with E-state index in [1.54, 1.807) is 12.4 Å². The van der Waals surface area contributed by atoms with Crippen LogP contribution >= 0.6 is 11.3 Å². The van der Waals surface area contributed by atoms with Crippen molar-refractivity contribution in [3.8, 4) is 0 Å². The number of pyridine rings is 1. The van der Waals surface area contributed by atoms with Gasteiger partial charge in [0.2, 0.25) is 0 Å². The quantitative estimate of drug-likeness (QED) is 0.877. The zero-order valence-electron chi connectivity index (χ0n) is 14.2. The monoisotopic (exact) mass is 344 g/mol. The zero-order valence-corrected chi connectivity index (χ0v) is 15.0. The fourth-order valence-corrected chi connectivity index (χ4v) is 3.89. The first-order valence-electron chi connectivity index (χ1n) is 8.37. The van der Waals surface area contributed by atoms with Crippen LogP contribution in [0.25, 0.3) is 0 Å². The van der Waals surface area contributed by atoms with Gasteiger partial charge >= 0.3 is 6.03 Å². The van der Waals surface area contributed by atoms with Crippen LogP contribution in [0.5, 0.6) is 0 Å². The van der Waals surface area contributed by atoms with Gasteiger partial charge in [-0.3, -0.25) is 9.88 Å². The molecule has 1 aliphatic heterocycles. The largest absolute Gasteiger partial charge is 0.337 e. The number of aromatic nitrogens is 1. The van der Waals surface area contributed by atoms with Crippen molar-refractivity contribution in [1.82, 2.24) is 20.5 Å². The molecule has 0 unspecified atom stereocenters. The molecule has 2 N–H and O–H groups in total. The Bertz CT molecular complexity index is 673. The maximum absolute atomic E-state index is 12.1. The standard InChI is InChI=1S/C18H24N4OS/c1-13(22-9-5-17-16(12-22)6-10-24-17)11-20-18(23)21-14(2)15-3-7-19-8-4-15/h3-4,6-8,10,13-14H,5,9,11-12H2,1-2H3,(H2,20,21,23)/t13-,14+/m1/s1. The molecular weight excluding hydrogens is 320 g/mol. The van der Waals surface area contributed by atoms with Gasteiger partial charge < -0.3 is 10.6 Å². The van der Waals surface area contributed by atoms with Gasteiger partial charge in [-0.25, -0.2) is 4.79 Å². The van der Waals surface area contributed by atoms with Gasteiger partial charge in [-0.1, -0.05) is 0 Å². The highest BCUT2D eigenvalue weighted by atomic mass is 32.1. The molecule has 0 fully saturated rings. The van der Waals surface area contributed by atoms with Crippen LogP contribution in [0.1, 0.15) is 35.9 Å². The van der Waals surface area contributed by atoms with Gasteiger partial charge in [0.15, 0.2) is 0 Å². The summed E-state index contributed by atoms with van der Waals surface area (Å²) >= 11 is 1.85. The van der Waals surface area contributed by atoms with E-state index in [1.807, 2.05) is 30.4 Å². The Labute approximate surface area is 147 Å². The number of nitrogens with zero attached hydrogens (tertiary/aromatic N) is 2. The third-order valence-corrected chi connectivity index (χ3v) is 5.60. The van der Waals surface area contributed by atoms with Crippen LogP contribution in [0.3, 0.4) is 0 Å². The minimum Gasteiger partial charge on any atom is -0.337 e. The Morgan fingerprint density at radius 3 is 2.92 bits per heavy atom. The molecule has 0 spiro atoms. The second-order valence-corrected chi connectivity index (χ2v) is 7.30. The van der Waals surface area contributed by atoms with Crippen molar-refractivity contribution < 1.29 is 4.79 Å². The van der Waals surface area contributed by atoms with E-state index in [9.17, 15) is 4.79 Å². The smallest absolute Gasteiger partial charge is 0.315 e. The summed E-state index contributed by atoms with van der Waals surface area (Å²) in [5.41, 5.74) is 2.49. The van der Waals surface area contributed by atoms with E-state index in [4.69, 9.17) is 0 Å². The first-order valence-corrected chi connectivity index (χ1v) is 9.25. The highest BCUT2D eigenvalue weighted by molar-refractivity contribution is 7.10. The molecular formula is C18H24N4OS. The minimum atomic E-state index is -0.126.